The highest BCUT2D eigenvalue weighted by Gasteiger charge is 2.27. The van der Waals surface area contributed by atoms with E-state index in [9.17, 15) is 13.2 Å². The Bertz CT molecular complexity index is 911. The topological polar surface area (TPSA) is 72.9 Å². The second-order valence-corrected chi connectivity index (χ2v) is 8.75. The van der Waals surface area contributed by atoms with Crippen LogP contribution < -0.4 is 4.74 Å². The van der Waals surface area contributed by atoms with Gasteiger partial charge in [-0.05, 0) is 43.2 Å². The molecule has 0 bridgehead atoms. The highest BCUT2D eigenvalue weighted by Crippen LogP contribution is 2.25. The van der Waals surface area contributed by atoms with Gasteiger partial charge in [-0.3, -0.25) is 0 Å². The van der Waals surface area contributed by atoms with Crippen LogP contribution in [0.3, 0.4) is 0 Å². The van der Waals surface area contributed by atoms with Gasteiger partial charge < -0.3 is 9.47 Å². The minimum absolute atomic E-state index is 0.0210. The fraction of sp³-hybridized carbons (Fsp3) is 0.350. The van der Waals surface area contributed by atoms with Gasteiger partial charge in [0.15, 0.2) is 0 Å². The zero-order chi connectivity index (χ0) is 20.0. The number of sulfonamides is 1. The molecule has 28 heavy (non-hydrogen) atoms. The molecule has 0 radical (unpaired) electrons. The molecule has 0 aliphatic carbocycles. The summed E-state index contributed by atoms with van der Waals surface area (Å²) in [6.45, 7) is 1.18. The molecular weight excluding hydrogens is 402 g/mol. The lowest BCUT2D eigenvalue weighted by atomic mass is 10.2. The highest BCUT2D eigenvalue weighted by atomic mass is 35.5. The lowest BCUT2D eigenvalue weighted by Gasteiger charge is -2.26. The van der Waals surface area contributed by atoms with Crippen molar-refractivity contribution >= 4 is 27.6 Å². The average molecular weight is 424 g/mol. The van der Waals surface area contributed by atoms with E-state index in [0.29, 0.717) is 18.8 Å². The summed E-state index contributed by atoms with van der Waals surface area (Å²) >= 11 is 6.10. The van der Waals surface area contributed by atoms with Crippen molar-refractivity contribution in [3.63, 3.8) is 0 Å². The van der Waals surface area contributed by atoms with Crippen molar-refractivity contribution in [2.45, 2.75) is 24.2 Å². The quantitative estimate of drug-likeness (QED) is 0.501. The monoisotopic (exact) mass is 423 g/mol. The number of rotatable bonds is 7. The maximum atomic E-state index is 12.8. The number of hydrogen-bond acceptors (Lipinski definition) is 5. The summed E-state index contributed by atoms with van der Waals surface area (Å²) in [5.74, 6) is -0.0106. The van der Waals surface area contributed by atoms with E-state index in [0.717, 1.165) is 19.3 Å². The first-order chi connectivity index (χ1) is 13.5. The molecule has 0 unspecified atom stereocenters. The zero-order valence-electron chi connectivity index (χ0n) is 15.3. The SMILES string of the molecule is O=C(OCCOc1ccccc1)c1cc(S(=O)(=O)N2CCCCC2)ccc1Cl. The Morgan fingerprint density at radius 2 is 1.71 bits per heavy atom. The molecule has 0 atom stereocenters. The number of carbonyl (C=O) groups excluding carboxylic acids is 1. The third-order valence-corrected chi connectivity index (χ3v) is 6.66. The van der Waals surface area contributed by atoms with Crippen LogP contribution in [-0.2, 0) is 14.8 Å². The standard InChI is InChI=1S/C20H22ClNO5S/c21-19-10-9-17(28(24,25)22-11-5-2-6-12-22)15-18(19)20(23)27-14-13-26-16-7-3-1-4-8-16/h1,3-4,7-10,15H,2,5-6,11-14H2. The van der Waals surface area contributed by atoms with Crippen molar-refractivity contribution < 1.29 is 22.7 Å². The van der Waals surface area contributed by atoms with Crippen LogP contribution in [0.2, 0.25) is 5.02 Å². The van der Waals surface area contributed by atoms with Crippen LogP contribution in [0.5, 0.6) is 5.75 Å². The van der Waals surface area contributed by atoms with Gasteiger partial charge in [0.05, 0.1) is 15.5 Å². The van der Waals surface area contributed by atoms with Gasteiger partial charge in [-0.1, -0.05) is 36.2 Å². The van der Waals surface area contributed by atoms with Gasteiger partial charge >= 0.3 is 5.97 Å². The van der Waals surface area contributed by atoms with E-state index in [1.165, 1.54) is 22.5 Å². The van der Waals surface area contributed by atoms with E-state index in [4.69, 9.17) is 21.1 Å². The minimum atomic E-state index is -3.65. The molecule has 0 N–H and O–H groups in total. The van der Waals surface area contributed by atoms with Gasteiger partial charge in [0, 0.05) is 13.1 Å². The van der Waals surface area contributed by atoms with Crippen LogP contribution in [0.4, 0.5) is 0 Å². The Kier molecular flexibility index (Phi) is 6.93. The maximum Gasteiger partial charge on any atom is 0.339 e. The van der Waals surface area contributed by atoms with Crippen molar-refractivity contribution in [3.8, 4) is 5.75 Å². The van der Waals surface area contributed by atoms with Crippen LogP contribution in [0.15, 0.2) is 53.4 Å². The summed E-state index contributed by atoms with van der Waals surface area (Å²) in [5, 5.41) is 0.145. The number of hydrogen-bond donors (Lipinski definition) is 0. The predicted octanol–water partition coefficient (Wildman–Crippen LogP) is 3.75. The first-order valence-electron chi connectivity index (χ1n) is 9.13. The van der Waals surface area contributed by atoms with Gasteiger partial charge in [-0.25, -0.2) is 13.2 Å². The number of piperidine rings is 1. The van der Waals surface area contributed by atoms with Crippen LogP contribution in [0, 0.1) is 0 Å². The Hall–Kier alpha value is -2.09. The van der Waals surface area contributed by atoms with Crippen LogP contribution in [0.25, 0.3) is 0 Å². The van der Waals surface area contributed by atoms with Gasteiger partial charge in [-0.2, -0.15) is 4.31 Å². The molecule has 150 valence electrons. The number of carbonyl (C=O) groups is 1. The Morgan fingerprint density at radius 1 is 1.00 bits per heavy atom. The molecule has 1 saturated heterocycles. The van der Waals surface area contributed by atoms with E-state index in [-0.39, 0.29) is 28.7 Å². The summed E-state index contributed by atoms with van der Waals surface area (Å²) in [6, 6.07) is 13.3. The molecule has 3 rings (SSSR count). The van der Waals surface area contributed by atoms with E-state index < -0.39 is 16.0 Å². The number of para-hydroxylation sites is 1. The fourth-order valence-electron chi connectivity index (χ4n) is 2.96. The molecule has 0 saturated carbocycles. The summed E-state index contributed by atoms with van der Waals surface area (Å²) in [7, 11) is -3.65. The van der Waals surface area contributed by atoms with Crippen molar-refractivity contribution in [3.05, 3.63) is 59.1 Å². The molecule has 1 fully saturated rings. The van der Waals surface area contributed by atoms with Crippen LogP contribution in [-0.4, -0.2) is 45.0 Å². The first kappa shape index (κ1) is 20.6. The summed E-state index contributed by atoms with van der Waals surface area (Å²) in [4.78, 5) is 12.4. The Balaban J connectivity index is 1.64. The molecule has 2 aromatic carbocycles. The third-order valence-electron chi connectivity index (χ3n) is 4.44. The molecule has 0 spiro atoms. The summed E-state index contributed by atoms with van der Waals surface area (Å²) < 4.78 is 37.7. The largest absolute Gasteiger partial charge is 0.490 e. The second-order valence-electron chi connectivity index (χ2n) is 6.40. The third kappa shape index (κ3) is 5.04. The van der Waals surface area contributed by atoms with Crippen LogP contribution >= 0.6 is 11.6 Å². The van der Waals surface area contributed by atoms with Gasteiger partial charge in [0.25, 0.3) is 0 Å². The summed E-state index contributed by atoms with van der Waals surface area (Å²) in [5.41, 5.74) is 0.0273. The molecule has 2 aromatic rings. The first-order valence-corrected chi connectivity index (χ1v) is 10.9. The van der Waals surface area contributed by atoms with Crippen molar-refractivity contribution in [2.75, 3.05) is 26.3 Å². The molecule has 1 aliphatic rings. The smallest absolute Gasteiger partial charge is 0.339 e. The second kappa shape index (κ2) is 9.41. The molecule has 0 amide bonds. The van der Waals surface area contributed by atoms with Crippen molar-refractivity contribution in [2.24, 2.45) is 0 Å². The Labute approximate surface area is 170 Å². The van der Waals surface area contributed by atoms with Crippen molar-refractivity contribution in [1.82, 2.24) is 4.31 Å². The number of halogens is 1. The molecular formula is C20H22ClNO5S. The van der Waals surface area contributed by atoms with E-state index in [1.54, 1.807) is 12.1 Å². The molecule has 6 nitrogen and oxygen atoms in total. The van der Waals surface area contributed by atoms with Crippen molar-refractivity contribution in [1.29, 1.82) is 0 Å². The number of benzene rings is 2. The summed E-state index contributed by atoms with van der Waals surface area (Å²) in [6.07, 6.45) is 2.70. The van der Waals surface area contributed by atoms with Gasteiger partial charge in [0.1, 0.15) is 19.0 Å². The number of esters is 1. The van der Waals surface area contributed by atoms with E-state index in [1.807, 2.05) is 18.2 Å². The molecule has 8 heteroatoms. The van der Waals surface area contributed by atoms with Crippen LogP contribution in [0.1, 0.15) is 29.6 Å². The fourth-order valence-corrected chi connectivity index (χ4v) is 4.70. The molecule has 1 aliphatic heterocycles. The molecule has 0 aromatic heterocycles. The Morgan fingerprint density at radius 3 is 2.43 bits per heavy atom. The van der Waals surface area contributed by atoms with Gasteiger partial charge in [-0.15, -0.1) is 0 Å². The zero-order valence-corrected chi connectivity index (χ0v) is 16.9. The average Bonchev–Trinajstić information content (AvgIpc) is 2.72. The van der Waals surface area contributed by atoms with Gasteiger partial charge in [0.2, 0.25) is 10.0 Å². The normalized spacial score (nSPS) is 15.2. The number of ether oxygens (including phenoxy) is 2. The predicted molar refractivity (Wildman–Crippen MR) is 106 cm³/mol. The minimum Gasteiger partial charge on any atom is -0.490 e. The number of nitrogens with zero attached hydrogens (tertiary/aromatic N) is 1. The van der Waals surface area contributed by atoms with E-state index >= 15 is 0 Å². The lowest BCUT2D eigenvalue weighted by Crippen LogP contribution is -2.35. The lowest BCUT2D eigenvalue weighted by molar-refractivity contribution is 0.0450. The maximum absolute atomic E-state index is 12.8. The molecule has 1 heterocycles. The van der Waals surface area contributed by atoms with E-state index in [2.05, 4.69) is 0 Å². The highest BCUT2D eigenvalue weighted by molar-refractivity contribution is 7.89.